The van der Waals surface area contributed by atoms with Crippen LogP contribution in [0, 0.1) is 0 Å². The van der Waals surface area contributed by atoms with Gasteiger partial charge in [0.15, 0.2) is 0 Å². The maximum absolute atomic E-state index is 13.3. The summed E-state index contributed by atoms with van der Waals surface area (Å²) in [5.41, 5.74) is -0.0527. The lowest BCUT2D eigenvalue weighted by atomic mass is 10.1. The van der Waals surface area contributed by atoms with Crippen molar-refractivity contribution in [1.82, 2.24) is 5.32 Å². The topological polar surface area (TPSA) is 12.0 Å². The summed E-state index contributed by atoms with van der Waals surface area (Å²) in [7, 11) is 1.48. The van der Waals surface area contributed by atoms with Gasteiger partial charge in [-0.25, -0.2) is 0 Å². The minimum absolute atomic E-state index is 0.0527. The fourth-order valence-electron chi connectivity index (χ4n) is 1.05. The molecule has 0 amide bonds. The van der Waals surface area contributed by atoms with Gasteiger partial charge in [0.1, 0.15) is 0 Å². The Kier molecular flexibility index (Phi) is 3.86. The van der Waals surface area contributed by atoms with Crippen molar-refractivity contribution in [2.24, 2.45) is 0 Å². The van der Waals surface area contributed by atoms with Crippen LogP contribution >= 0.6 is 27.5 Å². The summed E-state index contributed by atoms with van der Waals surface area (Å²) in [6, 6.07) is 4.11. The number of halogens is 4. The van der Waals surface area contributed by atoms with Gasteiger partial charge in [-0.1, -0.05) is 17.7 Å². The molecule has 0 fully saturated rings. The molecule has 0 unspecified atom stereocenters. The molecule has 1 N–H and O–H groups in total. The van der Waals surface area contributed by atoms with Gasteiger partial charge in [-0.15, -0.1) is 0 Å². The monoisotopic (exact) mass is 283 g/mol. The number of rotatable bonds is 3. The highest BCUT2D eigenvalue weighted by molar-refractivity contribution is 9.10. The zero-order valence-corrected chi connectivity index (χ0v) is 9.79. The van der Waals surface area contributed by atoms with Gasteiger partial charge < -0.3 is 5.32 Å². The van der Waals surface area contributed by atoms with Crippen molar-refractivity contribution < 1.29 is 8.78 Å². The predicted molar refractivity (Wildman–Crippen MR) is 57.0 cm³/mol. The molecule has 14 heavy (non-hydrogen) atoms. The van der Waals surface area contributed by atoms with E-state index in [1.165, 1.54) is 25.2 Å². The predicted octanol–water partition coefficient (Wildman–Crippen LogP) is 3.41. The normalized spacial score (nSPS) is 11.8. The fraction of sp³-hybridized carbons (Fsp3) is 0.333. The number of hydrogen-bond acceptors (Lipinski definition) is 1. The minimum Gasteiger partial charge on any atom is -0.314 e. The zero-order valence-electron chi connectivity index (χ0n) is 7.45. The SMILES string of the molecule is CNCC(F)(F)c1ccc(Cl)c(Br)c1. The van der Waals surface area contributed by atoms with Crippen LogP contribution in [0.15, 0.2) is 22.7 Å². The van der Waals surface area contributed by atoms with Crippen molar-refractivity contribution in [3.8, 4) is 0 Å². The van der Waals surface area contributed by atoms with Gasteiger partial charge in [0, 0.05) is 10.0 Å². The molecule has 78 valence electrons. The Morgan fingerprint density at radius 3 is 2.64 bits per heavy atom. The van der Waals surface area contributed by atoms with E-state index in [2.05, 4.69) is 21.2 Å². The molecule has 0 atom stereocenters. The summed E-state index contributed by atoms with van der Waals surface area (Å²) in [6.45, 7) is -0.388. The third-order valence-corrected chi connectivity index (χ3v) is 2.95. The number of nitrogens with one attached hydrogen (secondary N) is 1. The van der Waals surface area contributed by atoms with Crippen molar-refractivity contribution in [2.75, 3.05) is 13.6 Å². The van der Waals surface area contributed by atoms with Crippen LogP contribution < -0.4 is 5.32 Å². The molecule has 0 aliphatic carbocycles. The van der Waals surface area contributed by atoms with E-state index in [-0.39, 0.29) is 12.1 Å². The Morgan fingerprint density at radius 2 is 2.14 bits per heavy atom. The highest BCUT2D eigenvalue weighted by Gasteiger charge is 2.30. The molecule has 0 aromatic heterocycles. The van der Waals surface area contributed by atoms with E-state index in [0.717, 1.165) is 0 Å². The Labute approximate surface area is 94.6 Å². The second-order valence-electron chi connectivity index (χ2n) is 2.86. The summed E-state index contributed by atoms with van der Waals surface area (Å²) < 4.78 is 27.2. The lowest BCUT2D eigenvalue weighted by molar-refractivity contribution is -0.00130. The van der Waals surface area contributed by atoms with E-state index < -0.39 is 5.92 Å². The number of alkyl halides is 2. The average molecular weight is 285 g/mol. The summed E-state index contributed by atoms with van der Waals surface area (Å²) in [5, 5.41) is 2.87. The van der Waals surface area contributed by atoms with Gasteiger partial charge in [-0.2, -0.15) is 8.78 Å². The van der Waals surface area contributed by atoms with E-state index in [1.807, 2.05) is 0 Å². The van der Waals surface area contributed by atoms with Crippen LogP contribution in [0.3, 0.4) is 0 Å². The van der Waals surface area contributed by atoms with Gasteiger partial charge in [-0.3, -0.25) is 0 Å². The molecule has 0 radical (unpaired) electrons. The molecule has 0 aliphatic rings. The Balaban J connectivity index is 3.01. The largest absolute Gasteiger partial charge is 0.314 e. The van der Waals surface area contributed by atoms with Crippen LogP contribution in [-0.4, -0.2) is 13.6 Å². The first kappa shape index (κ1) is 11.9. The van der Waals surface area contributed by atoms with E-state index in [1.54, 1.807) is 0 Å². The van der Waals surface area contributed by atoms with Gasteiger partial charge >= 0.3 is 0 Å². The van der Waals surface area contributed by atoms with Crippen LogP contribution in [0.2, 0.25) is 5.02 Å². The fourth-order valence-corrected chi connectivity index (χ4v) is 1.54. The van der Waals surface area contributed by atoms with E-state index in [0.29, 0.717) is 9.50 Å². The van der Waals surface area contributed by atoms with Crippen molar-refractivity contribution in [3.05, 3.63) is 33.3 Å². The van der Waals surface area contributed by atoms with Gasteiger partial charge in [-0.05, 0) is 35.1 Å². The van der Waals surface area contributed by atoms with Crippen LogP contribution in [0.25, 0.3) is 0 Å². The van der Waals surface area contributed by atoms with Crippen LogP contribution in [-0.2, 0) is 5.92 Å². The van der Waals surface area contributed by atoms with Crippen molar-refractivity contribution in [3.63, 3.8) is 0 Å². The summed E-state index contributed by atoms with van der Waals surface area (Å²) in [4.78, 5) is 0. The first-order valence-corrected chi connectivity index (χ1v) is 5.12. The van der Waals surface area contributed by atoms with E-state index >= 15 is 0 Å². The van der Waals surface area contributed by atoms with Crippen LogP contribution in [0.4, 0.5) is 8.78 Å². The van der Waals surface area contributed by atoms with Gasteiger partial charge in [0.05, 0.1) is 11.6 Å². The molecule has 0 saturated carbocycles. The van der Waals surface area contributed by atoms with Crippen molar-refractivity contribution in [1.29, 1.82) is 0 Å². The van der Waals surface area contributed by atoms with Crippen LogP contribution in [0.5, 0.6) is 0 Å². The van der Waals surface area contributed by atoms with Crippen LogP contribution in [0.1, 0.15) is 5.56 Å². The lowest BCUT2D eigenvalue weighted by Gasteiger charge is -2.16. The molecule has 0 heterocycles. The quantitative estimate of drug-likeness (QED) is 0.897. The second-order valence-corrected chi connectivity index (χ2v) is 4.13. The molecule has 0 bridgehead atoms. The molecular formula is C9H9BrClF2N. The first-order chi connectivity index (χ1) is 6.47. The number of hydrogen-bond donors (Lipinski definition) is 1. The summed E-state index contributed by atoms with van der Waals surface area (Å²) in [6.07, 6.45) is 0. The minimum atomic E-state index is -2.87. The molecule has 0 aliphatic heterocycles. The number of benzene rings is 1. The molecule has 0 spiro atoms. The molecule has 1 rings (SSSR count). The number of likely N-dealkylation sites (N-methyl/N-ethyl adjacent to an activating group) is 1. The Bertz CT molecular complexity index is 331. The first-order valence-electron chi connectivity index (χ1n) is 3.95. The molecular weight excluding hydrogens is 275 g/mol. The molecule has 0 saturated heterocycles. The highest BCUT2D eigenvalue weighted by atomic mass is 79.9. The third kappa shape index (κ3) is 2.65. The van der Waals surface area contributed by atoms with Crippen molar-refractivity contribution >= 4 is 27.5 Å². The molecule has 1 nitrogen and oxygen atoms in total. The Morgan fingerprint density at radius 1 is 1.50 bits per heavy atom. The molecule has 1 aromatic carbocycles. The standard InChI is InChI=1S/C9H9BrClF2N/c1-14-5-9(12,13)6-2-3-8(11)7(10)4-6/h2-4,14H,5H2,1H3. The molecule has 1 aromatic rings. The summed E-state index contributed by atoms with van der Waals surface area (Å²) >= 11 is 8.80. The third-order valence-electron chi connectivity index (χ3n) is 1.74. The van der Waals surface area contributed by atoms with E-state index in [9.17, 15) is 8.78 Å². The van der Waals surface area contributed by atoms with Gasteiger partial charge in [0.2, 0.25) is 0 Å². The summed E-state index contributed by atoms with van der Waals surface area (Å²) in [5.74, 6) is -2.87. The maximum atomic E-state index is 13.3. The zero-order chi connectivity index (χ0) is 10.8. The average Bonchev–Trinajstić information content (AvgIpc) is 2.09. The molecule has 5 heteroatoms. The van der Waals surface area contributed by atoms with Crippen molar-refractivity contribution in [2.45, 2.75) is 5.92 Å². The van der Waals surface area contributed by atoms with E-state index in [4.69, 9.17) is 11.6 Å². The maximum Gasteiger partial charge on any atom is 0.285 e. The lowest BCUT2D eigenvalue weighted by Crippen LogP contribution is -2.28. The second kappa shape index (κ2) is 4.55. The van der Waals surface area contributed by atoms with Gasteiger partial charge in [0.25, 0.3) is 5.92 Å². The highest BCUT2D eigenvalue weighted by Crippen LogP contribution is 2.32. The smallest absolute Gasteiger partial charge is 0.285 e. The Hall–Kier alpha value is -0.190.